The van der Waals surface area contributed by atoms with Crippen LogP contribution in [0.15, 0.2) is 50.6 Å². The van der Waals surface area contributed by atoms with Crippen molar-refractivity contribution in [1.29, 1.82) is 0 Å². The van der Waals surface area contributed by atoms with E-state index in [-0.39, 0.29) is 24.0 Å². The Labute approximate surface area is 159 Å². The van der Waals surface area contributed by atoms with Gasteiger partial charge in [-0.2, -0.15) is 0 Å². The third kappa shape index (κ3) is 6.20. The first kappa shape index (κ1) is 18.9. The maximum atomic E-state index is 5.41. The number of rotatable bonds is 7. The van der Waals surface area contributed by atoms with Crippen LogP contribution in [-0.4, -0.2) is 32.3 Å². The largest absolute Gasteiger partial charge is 0.469 e. The van der Waals surface area contributed by atoms with Crippen molar-refractivity contribution in [2.24, 2.45) is 10.9 Å². The molecule has 132 valence electrons. The van der Waals surface area contributed by atoms with Gasteiger partial charge in [-0.25, -0.2) is 4.99 Å². The highest BCUT2D eigenvalue weighted by molar-refractivity contribution is 14.0. The molecule has 3 heterocycles. The average Bonchev–Trinajstić information content (AvgIpc) is 3.33. The molecule has 1 fully saturated rings. The van der Waals surface area contributed by atoms with Crippen LogP contribution in [0.25, 0.3) is 0 Å². The first-order valence-corrected chi connectivity index (χ1v) is 8.05. The number of ether oxygens (including phenoxy) is 1. The Morgan fingerprint density at radius 2 is 1.92 bits per heavy atom. The van der Waals surface area contributed by atoms with Gasteiger partial charge in [0.1, 0.15) is 18.1 Å². The summed E-state index contributed by atoms with van der Waals surface area (Å²) in [6, 6.07) is 7.68. The highest BCUT2D eigenvalue weighted by Crippen LogP contribution is 2.10. The van der Waals surface area contributed by atoms with Crippen LogP contribution in [0.3, 0.4) is 0 Å². The van der Waals surface area contributed by atoms with Crippen LogP contribution in [-0.2, 0) is 17.7 Å². The smallest absolute Gasteiger partial charge is 0.191 e. The van der Waals surface area contributed by atoms with Crippen molar-refractivity contribution in [3.63, 3.8) is 0 Å². The van der Waals surface area contributed by atoms with Crippen LogP contribution in [0.5, 0.6) is 0 Å². The highest BCUT2D eigenvalue weighted by Gasteiger charge is 2.15. The van der Waals surface area contributed by atoms with Crippen LogP contribution >= 0.6 is 24.0 Å². The van der Waals surface area contributed by atoms with Gasteiger partial charge in [-0.05, 0) is 30.7 Å². The van der Waals surface area contributed by atoms with E-state index in [2.05, 4.69) is 15.6 Å². The molecule has 7 heteroatoms. The Bertz CT molecular complexity index is 578. The topological polar surface area (TPSA) is 71.9 Å². The number of guanidine groups is 1. The Hall–Kier alpha value is -1.48. The minimum atomic E-state index is 0. The Morgan fingerprint density at radius 3 is 2.58 bits per heavy atom. The zero-order valence-electron chi connectivity index (χ0n) is 13.6. The zero-order chi connectivity index (χ0) is 15.7. The van der Waals surface area contributed by atoms with Gasteiger partial charge in [0.05, 0.1) is 19.1 Å². The molecule has 0 bridgehead atoms. The summed E-state index contributed by atoms with van der Waals surface area (Å²) in [6.07, 6.45) is 5.28. The van der Waals surface area contributed by atoms with E-state index in [9.17, 15) is 0 Å². The molecule has 1 aliphatic heterocycles. The van der Waals surface area contributed by atoms with E-state index in [0.29, 0.717) is 12.5 Å². The zero-order valence-corrected chi connectivity index (χ0v) is 15.9. The van der Waals surface area contributed by atoms with Crippen molar-refractivity contribution >= 4 is 29.9 Å². The van der Waals surface area contributed by atoms with Gasteiger partial charge in [-0.1, -0.05) is 0 Å². The summed E-state index contributed by atoms with van der Waals surface area (Å²) in [7, 11) is 0. The van der Waals surface area contributed by atoms with Gasteiger partial charge >= 0.3 is 0 Å². The number of hydrogen-bond acceptors (Lipinski definition) is 4. The number of nitrogens with zero attached hydrogens (tertiary/aromatic N) is 1. The lowest BCUT2D eigenvalue weighted by molar-refractivity contribution is 0.186. The monoisotopic (exact) mass is 445 g/mol. The quantitative estimate of drug-likeness (QED) is 0.390. The van der Waals surface area contributed by atoms with E-state index in [1.54, 1.807) is 12.5 Å². The molecule has 0 radical (unpaired) electrons. The second kappa shape index (κ2) is 10.4. The molecule has 2 aromatic rings. The molecule has 0 aliphatic carbocycles. The maximum Gasteiger partial charge on any atom is 0.191 e. The van der Waals surface area contributed by atoms with E-state index >= 15 is 0 Å². The molecule has 1 unspecified atom stereocenters. The van der Waals surface area contributed by atoms with Gasteiger partial charge < -0.3 is 24.2 Å². The van der Waals surface area contributed by atoms with Crippen LogP contribution in [0.4, 0.5) is 0 Å². The molecule has 6 nitrogen and oxygen atoms in total. The highest BCUT2D eigenvalue weighted by atomic mass is 127. The van der Waals surface area contributed by atoms with Gasteiger partial charge in [-0.3, -0.25) is 0 Å². The molecule has 1 saturated heterocycles. The van der Waals surface area contributed by atoms with Crippen molar-refractivity contribution in [1.82, 2.24) is 10.6 Å². The summed E-state index contributed by atoms with van der Waals surface area (Å²) in [5.74, 6) is 3.16. The number of hydrogen-bond donors (Lipinski definition) is 2. The molecule has 0 saturated carbocycles. The van der Waals surface area contributed by atoms with Gasteiger partial charge in [0.25, 0.3) is 0 Å². The molecular formula is C17H24IN3O3. The van der Waals surface area contributed by atoms with Crippen molar-refractivity contribution in [3.8, 4) is 0 Å². The first-order valence-electron chi connectivity index (χ1n) is 8.05. The van der Waals surface area contributed by atoms with E-state index in [0.717, 1.165) is 56.6 Å². The molecule has 24 heavy (non-hydrogen) atoms. The number of furan rings is 2. The average molecular weight is 445 g/mol. The normalized spacial score (nSPS) is 17.5. The summed E-state index contributed by atoms with van der Waals surface area (Å²) in [5.41, 5.74) is 0. The van der Waals surface area contributed by atoms with Gasteiger partial charge in [0, 0.05) is 32.0 Å². The third-order valence-corrected chi connectivity index (χ3v) is 3.80. The predicted molar refractivity (Wildman–Crippen MR) is 103 cm³/mol. The number of aliphatic imine (C=N–C) groups is 1. The molecule has 2 N–H and O–H groups in total. The number of halogens is 1. The van der Waals surface area contributed by atoms with Crippen LogP contribution in [0, 0.1) is 5.92 Å². The summed E-state index contributed by atoms with van der Waals surface area (Å²) >= 11 is 0. The molecule has 2 aromatic heterocycles. The van der Waals surface area contributed by atoms with E-state index in [1.807, 2.05) is 24.3 Å². The molecule has 1 atom stereocenters. The molecular weight excluding hydrogens is 421 g/mol. The van der Waals surface area contributed by atoms with Gasteiger partial charge in [-0.15, -0.1) is 24.0 Å². The van der Waals surface area contributed by atoms with Crippen molar-refractivity contribution in [3.05, 3.63) is 48.3 Å². The van der Waals surface area contributed by atoms with Gasteiger partial charge in [0.15, 0.2) is 5.96 Å². The standard InChI is InChI=1S/C17H23N3O3.HI/c1-3-15(22-8-1)5-7-18-17(19-11-14-6-10-21-13-14)20-12-16-4-2-9-23-16;/h1-4,8-9,14H,5-7,10-13H2,(H2,18,19,20);1H. The van der Waals surface area contributed by atoms with E-state index in [1.165, 1.54) is 0 Å². The third-order valence-electron chi connectivity index (χ3n) is 3.80. The molecule has 1 aliphatic rings. The Morgan fingerprint density at radius 1 is 1.12 bits per heavy atom. The van der Waals surface area contributed by atoms with E-state index < -0.39 is 0 Å². The fraction of sp³-hybridized carbons (Fsp3) is 0.471. The summed E-state index contributed by atoms with van der Waals surface area (Å²) in [5, 5.41) is 6.73. The molecule has 0 amide bonds. The lowest BCUT2D eigenvalue weighted by Crippen LogP contribution is -2.40. The lowest BCUT2D eigenvalue weighted by Gasteiger charge is -2.14. The predicted octanol–water partition coefficient (Wildman–Crippen LogP) is 2.81. The number of nitrogens with one attached hydrogen (secondary N) is 2. The Balaban J connectivity index is 0.00000208. The lowest BCUT2D eigenvalue weighted by atomic mass is 10.1. The second-order valence-electron chi connectivity index (χ2n) is 5.61. The van der Waals surface area contributed by atoms with E-state index in [4.69, 9.17) is 13.6 Å². The van der Waals surface area contributed by atoms with Crippen molar-refractivity contribution in [2.75, 3.05) is 26.3 Å². The van der Waals surface area contributed by atoms with Crippen molar-refractivity contribution < 1.29 is 13.6 Å². The fourth-order valence-corrected chi connectivity index (χ4v) is 2.48. The minimum Gasteiger partial charge on any atom is -0.469 e. The summed E-state index contributed by atoms with van der Waals surface area (Å²) in [6.45, 7) is 3.83. The summed E-state index contributed by atoms with van der Waals surface area (Å²) < 4.78 is 16.1. The SMILES string of the molecule is I.c1coc(CCNC(=NCc2ccco2)NCC2CCOC2)c1. The fourth-order valence-electron chi connectivity index (χ4n) is 2.48. The molecule has 3 rings (SSSR count). The first-order chi connectivity index (χ1) is 11.4. The van der Waals surface area contributed by atoms with Crippen LogP contribution < -0.4 is 10.6 Å². The van der Waals surface area contributed by atoms with Gasteiger partial charge in [0.2, 0.25) is 0 Å². The second-order valence-corrected chi connectivity index (χ2v) is 5.61. The van der Waals surface area contributed by atoms with Crippen LogP contribution in [0.1, 0.15) is 17.9 Å². The summed E-state index contributed by atoms with van der Waals surface area (Å²) in [4.78, 5) is 4.58. The Kier molecular flexibility index (Phi) is 8.17. The van der Waals surface area contributed by atoms with Crippen molar-refractivity contribution in [2.45, 2.75) is 19.4 Å². The maximum absolute atomic E-state index is 5.41. The molecule has 0 aromatic carbocycles. The van der Waals surface area contributed by atoms with Crippen LogP contribution in [0.2, 0.25) is 0 Å². The molecule has 0 spiro atoms. The minimum absolute atomic E-state index is 0.